The Balaban J connectivity index is 2.20. The third-order valence-corrected chi connectivity index (χ3v) is 4.49. The molecule has 0 saturated heterocycles. The fourth-order valence-electron chi connectivity index (χ4n) is 2.99. The molecule has 1 atom stereocenters. The molecule has 0 aromatic carbocycles. The largest absolute Gasteiger partial charge is 0.197 e. The molecule has 104 valence electrons. The molecule has 4 nitrogen and oxygen atoms in total. The molecule has 21 heavy (non-hydrogen) atoms. The van der Waals surface area contributed by atoms with Crippen LogP contribution in [0.5, 0.6) is 0 Å². The molecule has 4 heteroatoms. The van der Waals surface area contributed by atoms with Gasteiger partial charge in [-0.2, -0.15) is 21.0 Å². The minimum atomic E-state index is -1.56. The van der Waals surface area contributed by atoms with Crippen LogP contribution in [0, 0.1) is 68.5 Å². The van der Waals surface area contributed by atoms with Gasteiger partial charge in [0.05, 0.1) is 24.3 Å². The average molecular weight is 276 g/mol. The number of hydrogen-bond acceptors (Lipinski definition) is 4. The van der Waals surface area contributed by atoms with Crippen molar-refractivity contribution in [2.75, 3.05) is 0 Å². The molecule has 2 aliphatic carbocycles. The van der Waals surface area contributed by atoms with Crippen molar-refractivity contribution in [2.24, 2.45) is 23.2 Å². The first-order valence-electron chi connectivity index (χ1n) is 7.10. The first-order chi connectivity index (χ1) is 10.1. The van der Waals surface area contributed by atoms with E-state index in [-0.39, 0.29) is 5.92 Å². The van der Waals surface area contributed by atoms with Crippen molar-refractivity contribution in [3.8, 4) is 24.3 Å². The smallest absolute Gasteiger partial charge is 0.178 e. The van der Waals surface area contributed by atoms with Crippen LogP contribution in [0.2, 0.25) is 0 Å². The van der Waals surface area contributed by atoms with Gasteiger partial charge in [0.15, 0.2) is 11.3 Å². The summed E-state index contributed by atoms with van der Waals surface area (Å²) in [4.78, 5) is 0. The molecule has 1 fully saturated rings. The number of nitriles is 4. The lowest BCUT2D eigenvalue weighted by molar-refractivity contribution is 0.332. The van der Waals surface area contributed by atoms with Gasteiger partial charge >= 0.3 is 0 Å². The van der Waals surface area contributed by atoms with Gasteiger partial charge in [-0.3, -0.25) is 0 Å². The van der Waals surface area contributed by atoms with Crippen molar-refractivity contribution in [1.29, 1.82) is 21.0 Å². The Morgan fingerprint density at radius 2 is 1.81 bits per heavy atom. The minimum absolute atomic E-state index is 0.348. The highest BCUT2D eigenvalue weighted by Crippen LogP contribution is 2.45. The van der Waals surface area contributed by atoms with Gasteiger partial charge in [0.25, 0.3) is 0 Å². The molecule has 0 heterocycles. The zero-order valence-corrected chi connectivity index (χ0v) is 11.8. The molecule has 0 aromatic rings. The van der Waals surface area contributed by atoms with Crippen molar-refractivity contribution in [3.05, 3.63) is 23.8 Å². The maximum Gasteiger partial charge on any atom is 0.178 e. The van der Waals surface area contributed by atoms with E-state index in [0.29, 0.717) is 12.3 Å². The highest BCUT2D eigenvalue weighted by molar-refractivity contribution is 5.34. The van der Waals surface area contributed by atoms with Gasteiger partial charge in [-0.05, 0) is 38.0 Å². The maximum absolute atomic E-state index is 9.41. The van der Waals surface area contributed by atoms with E-state index in [2.05, 4.69) is 6.58 Å². The van der Waals surface area contributed by atoms with Gasteiger partial charge in [0.2, 0.25) is 0 Å². The summed E-state index contributed by atoms with van der Waals surface area (Å²) < 4.78 is 0. The van der Waals surface area contributed by atoms with Crippen LogP contribution in [-0.2, 0) is 0 Å². The van der Waals surface area contributed by atoms with Crippen LogP contribution in [0.1, 0.15) is 32.1 Å². The van der Waals surface area contributed by atoms with Crippen molar-refractivity contribution < 1.29 is 0 Å². The zero-order chi connectivity index (χ0) is 15.5. The van der Waals surface area contributed by atoms with E-state index < -0.39 is 11.3 Å². The maximum atomic E-state index is 9.41. The van der Waals surface area contributed by atoms with Crippen LogP contribution < -0.4 is 0 Å². The highest BCUT2D eigenvalue weighted by Gasteiger charge is 2.48. The third kappa shape index (κ3) is 2.67. The summed E-state index contributed by atoms with van der Waals surface area (Å²) in [5.41, 5.74) is 0.839. The fourth-order valence-corrected chi connectivity index (χ4v) is 2.99. The monoisotopic (exact) mass is 276 g/mol. The fraction of sp³-hybridized carbons (Fsp3) is 0.529. The van der Waals surface area contributed by atoms with Gasteiger partial charge in [-0.1, -0.05) is 23.8 Å². The summed E-state index contributed by atoms with van der Waals surface area (Å²) in [5, 5.41) is 37.0. The highest BCUT2D eigenvalue weighted by atomic mass is 14.5. The van der Waals surface area contributed by atoms with E-state index in [1.54, 1.807) is 12.1 Å². The van der Waals surface area contributed by atoms with E-state index in [9.17, 15) is 10.5 Å². The molecular weight excluding hydrogens is 260 g/mol. The molecule has 1 saturated carbocycles. The van der Waals surface area contributed by atoms with Crippen molar-refractivity contribution in [3.63, 3.8) is 0 Å². The predicted octanol–water partition coefficient (Wildman–Crippen LogP) is 3.38. The first kappa shape index (κ1) is 14.8. The van der Waals surface area contributed by atoms with E-state index in [1.165, 1.54) is 24.0 Å². The SMILES string of the molecule is C=C(CC1=CC(C(C#N)(C#N)C(C#N)C#N)CC1)C1CC1. The van der Waals surface area contributed by atoms with Crippen LogP contribution in [0.15, 0.2) is 23.8 Å². The van der Waals surface area contributed by atoms with E-state index in [0.717, 1.165) is 12.8 Å². The van der Waals surface area contributed by atoms with Crippen molar-refractivity contribution >= 4 is 0 Å². The van der Waals surface area contributed by atoms with Crippen molar-refractivity contribution in [2.45, 2.75) is 32.1 Å². The lowest BCUT2D eigenvalue weighted by Crippen LogP contribution is -2.32. The predicted molar refractivity (Wildman–Crippen MR) is 75.7 cm³/mol. The second-order valence-corrected chi connectivity index (χ2v) is 5.86. The van der Waals surface area contributed by atoms with Crippen LogP contribution in [-0.4, -0.2) is 0 Å². The molecule has 0 bridgehead atoms. The summed E-state index contributed by atoms with van der Waals surface area (Å²) in [5.74, 6) is -0.939. The Morgan fingerprint density at radius 3 is 2.29 bits per heavy atom. The summed E-state index contributed by atoms with van der Waals surface area (Å²) in [6, 6.07) is 7.49. The van der Waals surface area contributed by atoms with Gasteiger partial charge in [0.1, 0.15) is 0 Å². The Bertz CT molecular complexity index is 612. The molecule has 1 unspecified atom stereocenters. The van der Waals surface area contributed by atoms with E-state index in [1.807, 2.05) is 18.2 Å². The Labute approximate surface area is 125 Å². The van der Waals surface area contributed by atoms with Gasteiger partial charge in [0, 0.05) is 5.92 Å². The van der Waals surface area contributed by atoms with E-state index >= 15 is 0 Å². The van der Waals surface area contributed by atoms with Crippen LogP contribution in [0.25, 0.3) is 0 Å². The molecule has 0 aromatic heterocycles. The third-order valence-electron chi connectivity index (χ3n) is 4.49. The van der Waals surface area contributed by atoms with Gasteiger partial charge in [-0.25, -0.2) is 0 Å². The Morgan fingerprint density at radius 1 is 1.19 bits per heavy atom. The first-order valence-corrected chi connectivity index (χ1v) is 7.10. The number of allylic oxidation sites excluding steroid dienone is 3. The summed E-state index contributed by atoms with van der Waals surface area (Å²) in [6.45, 7) is 4.10. The standard InChI is InChI=1S/C17H16N4/c1-12(14-3-4-14)6-13-2-5-15(7-13)17(10-20,11-21)16(8-18)9-19/h7,14-16H,1-6H2. The Kier molecular flexibility index (Phi) is 4.12. The molecule has 0 N–H and O–H groups in total. The lowest BCUT2D eigenvalue weighted by Gasteiger charge is -2.24. The number of hydrogen-bond donors (Lipinski definition) is 0. The van der Waals surface area contributed by atoms with E-state index in [4.69, 9.17) is 10.5 Å². The lowest BCUT2D eigenvalue weighted by atomic mass is 9.69. The van der Waals surface area contributed by atoms with Crippen LogP contribution >= 0.6 is 0 Å². The zero-order valence-electron chi connectivity index (χ0n) is 11.8. The molecule has 2 rings (SSSR count). The molecule has 0 amide bonds. The molecular formula is C17H16N4. The molecule has 0 spiro atoms. The van der Waals surface area contributed by atoms with Crippen LogP contribution in [0.3, 0.4) is 0 Å². The second kappa shape index (κ2) is 5.83. The van der Waals surface area contributed by atoms with Gasteiger partial charge < -0.3 is 0 Å². The summed E-state index contributed by atoms with van der Waals surface area (Å²) >= 11 is 0. The molecule has 0 aliphatic heterocycles. The Hall–Kier alpha value is -2.56. The van der Waals surface area contributed by atoms with Gasteiger partial charge in [-0.15, -0.1) is 0 Å². The normalized spacial score (nSPS) is 20.8. The molecule has 0 radical (unpaired) electrons. The quantitative estimate of drug-likeness (QED) is 0.719. The summed E-state index contributed by atoms with van der Waals surface area (Å²) in [7, 11) is 0. The number of nitrogens with zero attached hydrogens (tertiary/aromatic N) is 4. The van der Waals surface area contributed by atoms with Crippen molar-refractivity contribution in [1.82, 2.24) is 0 Å². The summed E-state index contributed by atoms with van der Waals surface area (Å²) in [6.07, 6.45) is 6.63. The second-order valence-electron chi connectivity index (χ2n) is 5.86. The minimum Gasteiger partial charge on any atom is -0.197 e. The van der Waals surface area contributed by atoms with Crippen LogP contribution in [0.4, 0.5) is 0 Å². The molecule has 2 aliphatic rings. The topological polar surface area (TPSA) is 95.2 Å². The number of rotatable bonds is 5. The average Bonchev–Trinajstić information content (AvgIpc) is 3.26.